The Morgan fingerprint density at radius 1 is 0.947 bits per heavy atom. The first-order chi connectivity index (χ1) is 9.25. The van der Waals surface area contributed by atoms with Gasteiger partial charge in [0.2, 0.25) is 0 Å². The number of nitrogens with two attached hydrogens (primary N) is 1. The molecule has 0 aliphatic heterocycles. The van der Waals surface area contributed by atoms with Gasteiger partial charge in [0.15, 0.2) is 0 Å². The Bertz CT molecular complexity index is 740. The number of para-hydroxylation sites is 1. The summed E-state index contributed by atoms with van der Waals surface area (Å²) < 4.78 is 1.17. The second kappa shape index (κ2) is 5.05. The summed E-state index contributed by atoms with van der Waals surface area (Å²) in [6, 6.07) is 14.0. The summed E-state index contributed by atoms with van der Waals surface area (Å²) in [6.07, 6.45) is 3.60. The molecule has 0 radical (unpaired) electrons. The van der Waals surface area contributed by atoms with Gasteiger partial charge in [-0.2, -0.15) is 0 Å². The van der Waals surface area contributed by atoms with E-state index in [0.29, 0.717) is 0 Å². The number of anilines is 3. The van der Waals surface area contributed by atoms with E-state index >= 15 is 0 Å². The molecule has 94 valence electrons. The molecule has 2 aromatic carbocycles. The van der Waals surface area contributed by atoms with Crippen LogP contribution in [0.4, 0.5) is 17.1 Å². The number of hydrogen-bond donors (Lipinski definition) is 2. The number of nitrogen functional groups attached to an aromatic ring is 1. The van der Waals surface area contributed by atoms with Crippen molar-refractivity contribution in [3.05, 3.63) is 58.4 Å². The minimum Gasteiger partial charge on any atom is -0.398 e. The summed E-state index contributed by atoms with van der Waals surface area (Å²) in [4.78, 5) is 4.18. The fourth-order valence-corrected chi connectivity index (χ4v) is 2.55. The monoisotopic (exact) mass is 361 g/mol. The Kier molecular flexibility index (Phi) is 3.25. The largest absolute Gasteiger partial charge is 0.398 e. The predicted octanol–water partition coefficient (Wildman–Crippen LogP) is 4.17. The van der Waals surface area contributed by atoms with E-state index in [2.05, 4.69) is 45.0 Å². The standard InChI is InChI=1S/C15H12IN3/c16-12-3-1-2-4-15(12)19-14-6-5-13(17)10-7-8-18-9-11(10)14/h1-9,19H,17H2. The van der Waals surface area contributed by atoms with Gasteiger partial charge in [-0.3, -0.25) is 4.98 Å². The quantitative estimate of drug-likeness (QED) is 0.532. The third kappa shape index (κ3) is 2.35. The summed E-state index contributed by atoms with van der Waals surface area (Å²) in [5.41, 5.74) is 8.86. The van der Waals surface area contributed by atoms with Gasteiger partial charge in [-0.15, -0.1) is 0 Å². The fourth-order valence-electron chi connectivity index (χ4n) is 2.03. The summed E-state index contributed by atoms with van der Waals surface area (Å²) in [5, 5.41) is 5.49. The number of hydrogen-bond acceptors (Lipinski definition) is 3. The van der Waals surface area contributed by atoms with Gasteiger partial charge in [0.05, 0.1) is 5.69 Å². The zero-order chi connectivity index (χ0) is 13.2. The molecule has 0 fully saturated rings. The number of nitrogens with one attached hydrogen (secondary N) is 1. The fraction of sp³-hybridized carbons (Fsp3) is 0. The van der Waals surface area contributed by atoms with Gasteiger partial charge >= 0.3 is 0 Å². The molecule has 0 saturated carbocycles. The molecule has 0 aliphatic rings. The maximum Gasteiger partial charge on any atom is 0.0520 e. The van der Waals surface area contributed by atoms with Gasteiger partial charge in [-0.25, -0.2) is 0 Å². The lowest BCUT2D eigenvalue weighted by molar-refractivity contribution is 1.36. The highest BCUT2D eigenvalue weighted by Crippen LogP contribution is 2.30. The maximum atomic E-state index is 5.99. The van der Waals surface area contributed by atoms with Crippen molar-refractivity contribution in [1.29, 1.82) is 0 Å². The molecule has 3 N–H and O–H groups in total. The van der Waals surface area contributed by atoms with E-state index in [0.717, 1.165) is 27.8 Å². The molecule has 0 atom stereocenters. The highest BCUT2D eigenvalue weighted by atomic mass is 127. The zero-order valence-electron chi connectivity index (χ0n) is 10.1. The van der Waals surface area contributed by atoms with Crippen molar-refractivity contribution in [2.75, 3.05) is 11.1 Å². The minimum absolute atomic E-state index is 0.769. The summed E-state index contributed by atoms with van der Waals surface area (Å²) in [7, 11) is 0. The smallest absolute Gasteiger partial charge is 0.0520 e. The van der Waals surface area contributed by atoms with E-state index < -0.39 is 0 Å². The first kappa shape index (κ1) is 12.2. The van der Waals surface area contributed by atoms with Crippen molar-refractivity contribution >= 4 is 50.4 Å². The molecule has 4 heteroatoms. The number of nitrogens with zero attached hydrogens (tertiary/aromatic N) is 1. The van der Waals surface area contributed by atoms with Crippen LogP contribution in [0.15, 0.2) is 54.9 Å². The number of aromatic nitrogens is 1. The van der Waals surface area contributed by atoms with E-state index in [1.54, 1.807) is 6.20 Å². The average Bonchev–Trinajstić information content (AvgIpc) is 2.44. The van der Waals surface area contributed by atoms with Crippen LogP contribution < -0.4 is 11.1 Å². The van der Waals surface area contributed by atoms with E-state index in [4.69, 9.17) is 5.73 Å². The first-order valence-electron chi connectivity index (χ1n) is 5.89. The van der Waals surface area contributed by atoms with Crippen LogP contribution in [-0.4, -0.2) is 4.98 Å². The second-order valence-corrected chi connectivity index (χ2v) is 5.39. The Labute approximate surface area is 125 Å². The van der Waals surface area contributed by atoms with Crippen molar-refractivity contribution in [1.82, 2.24) is 4.98 Å². The van der Waals surface area contributed by atoms with Gasteiger partial charge in [0, 0.05) is 38.1 Å². The van der Waals surface area contributed by atoms with Gasteiger partial charge in [-0.1, -0.05) is 12.1 Å². The van der Waals surface area contributed by atoms with Crippen LogP contribution in [0, 0.1) is 3.57 Å². The van der Waals surface area contributed by atoms with Crippen LogP contribution in [0.5, 0.6) is 0 Å². The van der Waals surface area contributed by atoms with E-state index in [-0.39, 0.29) is 0 Å². The molecule has 0 amide bonds. The van der Waals surface area contributed by atoms with Gasteiger partial charge in [0.1, 0.15) is 0 Å². The van der Waals surface area contributed by atoms with Crippen LogP contribution >= 0.6 is 22.6 Å². The molecule has 0 spiro atoms. The molecular weight excluding hydrogens is 349 g/mol. The van der Waals surface area contributed by atoms with Crippen molar-refractivity contribution in [3.8, 4) is 0 Å². The lowest BCUT2D eigenvalue weighted by Crippen LogP contribution is -1.96. The molecule has 0 saturated heterocycles. The first-order valence-corrected chi connectivity index (χ1v) is 6.97. The van der Waals surface area contributed by atoms with Crippen molar-refractivity contribution in [2.45, 2.75) is 0 Å². The summed E-state index contributed by atoms with van der Waals surface area (Å²) in [6.45, 7) is 0. The molecule has 0 aliphatic carbocycles. The van der Waals surface area contributed by atoms with Crippen LogP contribution in [0.2, 0.25) is 0 Å². The normalized spacial score (nSPS) is 10.6. The molecule has 3 aromatic rings. The lowest BCUT2D eigenvalue weighted by atomic mass is 10.1. The average molecular weight is 361 g/mol. The molecule has 19 heavy (non-hydrogen) atoms. The van der Waals surface area contributed by atoms with E-state index in [1.807, 2.05) is 36.5 Å². The highest BCUT2D eigenvalue weighted by molar-refractivity contribution is 14.1. The maximum absolute atomic E-state index is 5.99. The Balaban J connectivity index is 2.12. The molecule has 0 unspecified atom stereocenters. The van der Waals surface area contributed by atoms with Gasteiger partial charge in [-0.05, 0) is 52.9 Å². The SMILES string of the molecule is Nc1ccc(Nc2ccccc2I)c2cnccc12. The van der Waals surface area contributed by atoms with Crippen molar-refractivity contribution in [2.24, 2.45) is 0 Å². The molecule has 3 nitrogen and oxygen atoms in total. The van der Waals surface area contributed by atoms with Gasteiger partial charge < -0.3 is 11.1 Å². The minimum atomic E-state index is 0.769. The molecule has 1 aromatic heterocycles. The third-order valence-corrected chi connectivity index (χ3v) is 3.94. The number of fused-ring (bicyclic) bond motifs is 1. The number of benzene rings is 2. The highest BCUT2D eigenvalue weighted by Gasteiger charge is 2.05. The second-order valence-electron chi connectivity index (χ2n) is 4.23. The third-order valence-electron chi connectivity index (χ3n) is 3.00. The Morgan fingerprint density at radius 2 is 1.79 bits per heavy atom. The number of pyridine rings is 1. The van der Waals surface area contributed by atoms with E-state index in [9.17, 15) is 0 Å². The van der Waals surface area contributed by atoms with Gasteiger partial charge in [0.25, 0.3) is 0 Å². The molecule has 3 rings (SSSR count). The summed E-state index contributed by atoms with van der Waals surface area (Å²) >= 11 is 2.31. The molecule has 0 bridgehead atoms. The topological polar surface area (TPSA) is 50.9 Å². The number of halogens is 1. The van der Waals surface area contributed by atoms with Crippen LogP contribution in [0.25, 0.3) is 10.8 Å². The van der Waals surface area contributed by atoms with Crippen LogP contribution in [0.3, 0.4) is 0 Å². The predicted molar refractivity (Wildman–Crippen MR) is 88.6 cm³/mol. The van der Waals surface area contributed by atoms with Crippen molar-refractivity contribution in [3.63, 3.8) is 0 Å². The van der Waals surface area contributed by atoms with Crippen LogP contribution in [-0.2, 0) is 0 Å². The van der Waals surface area contributed by atoms with E-state index in [1.165, 1.54) is 3.57 Å². The molecular formula is C15H12IN3. The lowest BCUT2D eigenvalue weighted by Gasteiger charge is -2.12. The number of rotatable bonds is 2. The zero-order valence-corrected chi connectivity index (χ0v) is 12.3. The summed E-state index contributed by atoms with van der Waals surface area (Å²) in [5.74, 6) is 0. The Morgan fingerprint density at radius 3 is 2.63 bits per heavy atom. The van der Waals surface area contributed by atoms with Crippen molar-refractivity contribution < 1.29 is 0 Å². The molecule has 1 heterocycles. The Hall–Kier alpha value is -1.82. The van der Waals surface area contributed by atoms with Crippen LogP contribution in [0.1, 0.15) is 0 Å².